The van der Waals surface area contributed by atoms with Crippen molar-refractivity contribution >= 4 is 0 Å². The van der Waals surface area contributed by atoms with Crippen molar-refractivity contribution < 1.29 is 0 Å². The van der Waals surface area contributed by atoms with Crippen molar-refractivity contribution in [3.05, 3.63) is 60.8 Å². The second-order valence-corrected chi connectivity index (χ2v) is 2.59. The van der Waals surface area contributed by atoms with E-state index in [1.165, 1.54) is 0 Å². The molecule has 1 aliphatic rings. The normalized spacial score (nSPS) is 30.7. The molecule has 0 N–H and O–H groups in total. The molecule has 0 aromatic carbocycles. The van der Waals surface area contributed by atoms with Crippen LogP contribution in [0.1, 0.15) is 12.8 Å². The number of rotatable bonds is 0. The third kappa shape index (κ3) is 4.51. The summed E-state index contributed by atoms with van der Waals surface area (Å²) in [5.41, 5.74) is 0. The summed E-state index contributed by atoms with van der Waals surface area (Å²) in [5.74, 6) is 0. The summed E-state index contributed by atoms with van der Waals surface area (Å²) in [6.07, 6.45) is 23.0. The van der Waals surface area contributed by atoms with Crippen LogP contribution in [0.4, 0.5) is 0 Å². The molecule has 0 radical (unpaired) electrons. The second-order valence-electron chi connectivity index (χ2n) is 2.59. The zero-order valence-electron chi connectivity index (χ0n) is 7.19. The molecule has 0 saturated heterocycles. The maximum atomic E-state index is 2.18. The fourth-order valence-corrected chi connectivity index (χ4v) is 0.927. The quantitative estimate of drug-likeness (QED) is 0.505. The van der Waals surface area contributed by atoms with Crippen LogP contribution in [0.15, 0.2) is 60.8 Å². The van der Waals surface area contributed by atoms with Crippen LogP contribution in [-0.2, 0) is 0 Å². The SMILES string of the molecule is C1=C\C=C\C=C/C=C\CC\C=C/1. The van der Waals surface area contributed by atoms with E-state index in [9.17, 15) is 0 Å². The number of allylic oxidation sites excluding steroid dienone is 10. The van der Waals surface area contributed by atoms with Crippen LogP contribution in [0.3, 0.4) is 0 Å². The largest absolute Gasteiger partial charge is 0.0842 e. The van der Waals surface area contributed by atoms with Crippen LogP contribution in [-0.4, -0.2) is 0 Å². The van der Waals surface area contributed by atoms with Gasteiger partial charge < -0.3 is 0 Å². The minimum atomic E-state index is 1.12. The molecule has 12 heavy (non-hydrogen) atoms. The molecule has 0 aromatic rings. The van der Waals surface area contributed by atoms with E-state index < -0.39 is 0 Å². The summed E-state index contributed by atoms with van der Waals surface area (Å²) in [6, 6.07) is 0. The second kappa shape index (κ2) is 6.41. The average Bonchev–Trinajstić information content (AvgIpc) is 2.05. The van der Waals surface area contributed by atoms with E-state index >= 15 is 0 Å². The van der Waals surface area contributed by atoms with Gasteiger partial charge in [0.15, 0.2) is 0 Å². The fraction of sp³-hybridized carbons (Fsp3) is 0.167. The Balaban J connectivity index is 2.55. The van der Waals surface area contributed by atoms with E-state index in [4.69, 9.17) is 0 Å². The molecule has 0 heteroatoms. The van der Waals surface area contributed by atoms with Crippen molar-refractivity contribution in [1.82, 2.24) is 0 Å². The van der Waals surface area contributed by atoms with E-state index in [1.54, 1.807) is 0 Å². The summed E-state index contributed by atoms with van der Waals surface area (Å²) in [4.78, 5) is 0. The van der Waals surface area contributed by atoms with Crippen LogP contribution in [0.25, 0.3) is 0 Å². The lowest BCUT2D eigenvalue weighted by Gasteiger charge is -1.84. The summed E-state index contributed by atoms with van der Waals surface area (Å²) >= 11 is 0. The van der Waals surface area contributed by atoms with Gasteiger partial charge in [0.1, 0.15) is 0 Å². The Morgan fingerprint density at radius 2 is 0.750 bits per heavy atom. The lowest BCUT2D eigenvalue weighted by molar-refractivity contribution is 1.05. The van der Waals surface area contributed by atoms with Gasteiger partial charge >= 0.3 is 0 Å². The first-order valence-electron chi connectivity index (χ1n) is 4.32. The highest BCUT2D eigenvalue weighted by Crippen LogP contribution is 1.95. The van der Waals surface area contributed by atoms with Crippen LogP contribution < -0.4 is 0 Å². The summed E-state index contributed by atoms with van der Waals surface area (Å²) in [6.45, 7) is 0. The Labute approximate surface area is 74.3 Å². The van der Waals surface area contributed by atoms with E-state index in [1.807, 2.05) is 24.3 Å². The molecular formula is C12H14. The van der Waals surface area contributed by atoms with E-state index in [0.29, 0.717) is 0 Å². The minimum Gasteiger partial charge on any atom is -0.0842 e. The third-order valence-electron chi connectivity index (χ3n) is 1.55. The molecule has 1 rings (SSSR count). The Kier molecular flexibility index (Phi) is 4.70. The first-order chi connectivity index (χ1) is 6.00. The van der Waals surface area contributed by atoms with Crippen LogP contribution in [0.2, 0.25) is 0 Å². The molecular weight excluding hydrogens is 144 g/mol. The molecule has 0 saturated carbocycles. The molecule has 0 aliphatic heterocycles. The van der Waals surface area contributed by atoms with Gasteiger partial charge in [0.2, 0.25) is 0 Å². The topological polar surface area (TPSA) is 0 Å². The molecule has 0 nitrogen and oxygen atoms in total. The molecule has 62 valence electrons. The van der Waals surface area contributed by atoms with Crippen LogP contribution in [0.5, 0.6) is 0 Å². The van der Waals surface area contributed by atoms with Gasteiger partial charge in [0.25, 0.3) is 0 Å². The van der Waals surface area contributed by atoms with Gasteiger partial charge in [0, 0.05) is 0 Å². The van der Waals surface area contributed by atoms with Crippen LogP contribution in [0, 0.1) is 0 Å². The predicted molar refractivity (Wildman–Crippen MR) is 54.9 cm³/mol. The van der Waals surface area contributed by atoms with Crippen molar-refractivity contribution in [1.29, 1.82) is 0 Å². The molecule has 1 aliphatic carbocycles. The van der Waals surface area contributed by atoms with Gasteiger partial charge in [-0.1, -0.05) is 60.8 Å². The van der Waals surface area contributed by atoms with E-state index in [2.05, 4.69) is 36.5 Å². The summed E-state index contributed by atoms with van der Waals surface area (Å²) in [7, 11) is 0. The molecule has 0 spiro atoms. The van der Waals surface area contributed by atoms with Crippen molar-refractivity contribution in [3.63, 3.8) is 0 Å². The van der Waals surface area contributed by atoms with Crippen molar-refractivity contribution in [2.75, 3.05) is 0 Å². The molecule has 0 bridgehead atoms. The van der Waals surface area contributed by atoms with Crippen molar-refractivity contribution in [3.8, 4) is 0 Å². The zero-order valence-corrected chi connectivity index (χ0v) is 7.19. The Bertz CT molecular complexity index is 211. The average molecular weight is 158 g/mol. The minimum absolute atomic E-state index is 1.12. The number of hydrogen-bond acceptors (Lipinski definition) is 0. The molecule has 0 amide bonds. The Morgan fingerprint density at radius 1 is 0.417 bits per heavy atom. The van der Waals surface area contributed by atoms with Gasteiger partial charge in [-0.05, 0) is 12.8 Å². The third-order valence-corrected chi connectivity index (χ3v) is 1.55. The lowest BCUT2D eigenvalue weighted by atomic mass is 10.2. The first-order valence-corrected chi connectivity index (χ1v) is 4.32. The maximum Gasteiger partial charge on any atom is -0.0313 e. The Morgan fingerprint density at radius 3 is 1.17 bits per heavy atom. The molecule has 0 atom stereocenters. The molecule has 0 aromatic heterocycles. The zero-order chi connectivity index (χ0) is 8.49. The van der Waals surface area contributed by atoms with Crippen molar-refractivity contribution in [2.24, 2.45) is 0 Å². The maximum absolute atomic E-state index is 2.18. The lowest BCUT2D eigenvalue weighted by Crippen LogP contribution is -1.64. The van der Waals surface area contributed by atoms with Gasteiger partial charge in [-0.2, -0.15) is 0 Å². The smallest absolute Gasteiger partial charge is 0.0313 e. The van der Waals surface area contributed by atoms with Gasteiger partial charge in [-0.25, -0.2) is 0 Å². The fourth-order valence-electron chi connectivity index (χ4n) is 0.927. The highest BCUT2D eigenvalue weighted by Gasteiger charge is 1.74. The predicted octanol–water partition coefficient (Wildman–Crippen LogP) is 3.56. The number of hydrogen-bond donors (Lipinski definition) is 0. The molecule has 0 unspecified atom stereocenters. The van der Waals surface area contributed by atoms with E-state index in [-0.39, 0.29) is 0 Å². The van der Waals surface area contributed by atoms with E-state index in [0.717, 1.165) is 12.8 Å². The summed E-state index contributed by atoms with van der Waals surface area (Å²) < 4.78 is 0. The van der Waals surface area contributed by atoms with Gasteiger partial charge in [-0.15, -0.1) is 0 Å². The monoisotopic (exact) mass is 158 g/mol. The first kappa shape index (κ1) is 8.79. The molecule has 0 fully saturated rings. The standard InChI is InChI=1S/C12H14/c1-2-4-6-8-10-12-11-9-7-5-3-1/h1-10H,11-12H2/b2-1+,5-3-,6-4-,9-7-,10-8-. The summed E-state index contributed by atoms with van der Waals surface area (Å²) in [5, 5.41) is 0. The highest BCUT2D eigenvalue weighted by atomic mass is 13.8. The van der Waals surface area contributed by atoms with Gasteiger partial charge in [-0.3, -0.25) is 0 Å². The molecule has 0 heterocycles. The van der Waals surface area contributed by atoms with Crippen molar-refractivity contribution in [2.45, 2.75) is 12.8 Å². The van der Waals surface area contributed by atoms with Crippen LogP contribution >= 0.6 is 0 Å². The highest BCUT2D eigenvalue weighted by molar-refractivity contribution is 5.18. The van der Waals surface area contributed by atoms with Gasteiger partial charge in [0.05, 0.1) is 0 Å². The Hall–Kier alpha value is -1.30.